The van der Waals surface area contributed by atoms with Gasteiger partial charge in [0.05, 0.1) is 40.8 Å². The fourth-order valence-electron chi connectivity index (χ4n) is 17.7. The Bertz CT molecular complexity index is 3480. The zero-order chi connectivity index (χ0) is 86.6. The second kappa shape index (κ2) is 75.4. The van der Waals surface area contributed by atoms with Crippen molar-refractivity contribution < 1.29 is 134 Å². The summed E-state index contributed by atoms with van der Waals surface area (Å²) in [5, 5.41) is 13.0. The van der Waals surface area contributed by atoms with E-state index in [4.69, 9.17) is 11.4 Å². The molecule has 6 aromatic heterocycles. The predicted octanol–water partition coefficient (Wildman–Crippen LogP) is 30.2. The van der Waals surface area contributed by atoms with Crippen LogP contribution in [0.4, 0.5) is 4.39 Å². The number of rotatable bonds is 68. The van der Waals surface area contributed by atoms with Crippen molar-refractivity contribution >= 4 is 122 Å². The Morgan fingerprint density at radius 3 is 0.869 bits per heavy atom. The summed E-state index contributed by atoms with van der Waals surface area (Å²) in [4.78, 5) is 62.6. The predicted molar refractivity (Wildman–Crippen MR) is 542 cm³/mol. The number of hydrogen-bond acceptors (Lipinski definition) is 11. The Hall–Kier alpha value is -0.0173. The van der Waals surface area contributed by atoms with E-state index in [0.717, 1.165) is 91.3 Å². The molecule has 122 heavy (non-hydrogen) atoms. The molecule has 3 unspecified atom stereocenters. The number of aryl methyl sites for hydroxylation is 4. The molecule has 2 amide bonds. The number of unbranched alkanes of at least 4 members (excludes halogenated alkanes) is 36. The van der Waals surface area contributed by atoms with E-state index in [1.807, 2.05) is 68.0 Å². The largest absolute Gasteiger partial charge is 1.00 e. The van der Waals surface area contributed by atoms with Crippen LogP contribution in [-0.2, 0) is 45.0 Å². The molecule has 3 atom stereocenters. The van der Waals surface area contributed by atoms with E-state index in [2.05, 4.69) is 150 Å². The van der Waals surface area contributed by atoms with Gasteiger partial charge in [0, 0.05) is 52.1 Å². The standard InChI is InChI=1S/C86H128N2O2S6.C17H36.CH3F.CH2O3.HI.2K.H/c1-9-17-25-33-35-39-47-65(45-37-27-19-11-3)63-87-79(75-61-69(51-43-31-23-15-7)83(95-75)73-55-53-71(93-73)81-67(57-59-91-81)49-41-29-21-13-5)77-78(85(87)89)80(88(86(77)90)64-66(46-38-28-20-12-4)48-40-36-34-26-18-10-2)76-62-70(52-44-32-24-16-8)84(96-76)74-56-54-72(94-74)82-68(58-60-92-82)50-42-30-22-14-6;1-4-7-9-11-12-14-16-17(6-3)15-13-10-8-5-2;1-2;2-1-4-3;;;;/h53-62,65-66H,9-52,63-64H2,1-8H3;17H,4-16H2,1-3H3;1H3;1,3H;1H;;;/q;;;;;2*+1;-1/p-1/i;;1D;;;;;. The molecular weight excluding hydrogens is 1790 g/mol. The third-order valence-electron chi connectivity index (χ3n) is 24.9. The van der Waals surface area contributed by atoms with Crippen LogP contribution in [0, 0.1) is 17.8 Å². The second-order valence-corrected chi connectivity index (χ2v) is 40.8. The molecule has 682 valence electrons. The van der Waals surface area contributed by atoms with Gasteiger partial charge >= 0.3 is 103 Å². The van der Waals surface area contributed by atoms with Crippen LogP contribution in [0.1, 0.15) is 451 Å². The average Bonchev–Trinajstić information content (AvgIpc) is 1.55. The Morgan fingerprint density at radius 2 is 0.598 bits per heavy atom. The molecule has 17 heteroatoms. The van der Waals surface area contributed by atoms with E-state index in [1.54, 1.807) is 0 Å². The maximum absolute atomic E-state index is 16.9. The number of carbonyl (C=O) groups excluding carboxylic acids is 3. The Labute approximate surface area is 876 Å². The van der Waals surface area contributed by atoms with Crippen molar-refractivity contribution in [3.8, 4) is 39.0 Å². The topological polar surface area (TPSA) is 90.0 Å². The first-order chi connectivity index (χ1) is 58.9. The van der Waals surface area contributed by atoms with Gasteiger partial charge in [-0.25, -0.2) is 0 Å². The molecule has 6 aromatic rings. The van der Waals surface area contributed by atoms with Gasteiger partial charge in [0.25, 0.3) is 18.3 Å². The van der Waals surface area contributed by atoms with Gasteiger partial charge in [0.15, 0.2) is 0 Å². The smallest absolute Gasteiger partial charge is 1.00 e. The van der Waals surface area contributed by atoms with E-state index in [9.17, 15) is 4.39 Å². The summed E-state index contributed by atoms with van der Waals surface area (Å²) < 4.78 is 15.5. The van der Waals surface area contributed by atoms with E-state index in [0.29, 0.717) is 36.1 Å². The van der Waals surface area contributed by atoms with Gasteiger partial charge in [-0.2, -0.15) is 0 Å². The van der Waals surface area contributed by atoms with E-state index in [1.165, 1.54) is 363 Å². The summed E-state index contributed by atoms with van der Waals surface area (Å²) in [6, 6.07) is 19.3. The first-order valence-electron chi connectivity index (χ1n) is 49.9. The number of hydrogen-bond donors (Lipinski definition) is 0. The van der Waals surface area contributed by atoms with Crippen molar-refractivity contribution in [2.24, 2.45) is 17.8 Å². The SMILES string of the molecule is CCCCCCCCC(CC)CCCCCC.CCCCCCCCC(CCCCCC)CN1C(=O)C2=C(c3cc(CCCCCC)c(-c4ccc(-c5sccc5CCCCCC)s4)s3)N(CC(CCCCCC)CCCCCCCC)C(=O)C2=C1c1cc(CCCCCC)c(-c2ccc(-c3sccc3CCCCCC)s2)s1.I.O=CO[O-].[2H]CF.[H-].[K+].[K+]. The molecule has 8 rings (SSSR count). The monoisotopic (exact) mass is 1960 g/mol. The summed E-state index contributed by atoms with van der Waals surface area (Å²) in [5.41, 5.74) is 9.01. The minimum Gasteiger partial charge on any atom is -1.00 e. The number of carbonyl (C=O) groups is 3. The van der Waals surface area contributed by atoms with Crippen molar-refractivity contribution in [3.05, 3.63) is 102 Å². The molecule has 0 bridgehead atoms. The minimum atomic E-state index is -1.00. The van der Waals surface area contributed by atoms with E-state index >= 15 is 9.59 Å². The van der Waals surface area contributed by atoms with Gasteiger partial charge in [-0.1, -0.05) is 365 Å². The van der Waals surface area contributed by atoms with Crippen LogP contribution in [0.25, 0.3) is 50.4 Å². The van der Waals surface area contributed by atoms with Crippen molar-refractivity contribution in [3.63, 3.8) is 0 Å². The molecule has 7 nitrogen and oxygen atoms in total. The van der Waals surface area contributed by atoms with Crippen LogP contribution >= 0.6 is 92.0 Å². The van der Waals surface area contributed by atoms with E-state index in [-0.39, 0.29) is 146 Å². The summed E-state index contributed by atoms with van der Waals surface area (Å²) >= 11 is 11.5. The quantitative estimate of drug-likeness (QED) is 0.00948. The molecule has 2 aliphatic heterocycles. The van der Waals surface area contributed by atoms with Crippen molar-refractivity contribution in [1.29, 1.82) is 0 Å². The Morgan fingerprint density at radius 1 is 0.361 bits per heavy atom. The van der Waals surface area contributed by atoms with Crippen molar-refractivity contribution in [2.75, 3.05) is 20.2 Å². The van der Waals surface area contributed by atoms with Crippen LogP contribution < -0.4 is 108 Å². The van der Waals surface area contributed by atoms with Gasteiger partial charge < -0.3 is 21.4 Å². The summed E-state index contributed by atoms with van der Waals surface area (Å²) in [7, 11) is -1.00. The third-order valence-corrected chi connectivity index (χ3v) is 32.0. The zero-order valence-corrected chi connectivity index (χ0v) is 93.2. The fourth-order valence-corrected chi connectivity index (χ4v) is 24.8. The summed E-state index contributed by atoms with van der Waals surface area (Å²) in [5.74, 6) is 1.90. The molecule has 0 saturated heterocycles. The molecule has 2 aliphatic rings. The molecule has 0 fully saturated rings. The first-order valence-corrected chi connectivity index (χ1v) is 54.2. The fraction of sp³-hybridized carbons (Fsp3) is 0.705. The number of amides is 2. The number of alkyl halides is 1. The zero-order valence-electron chi connectivity index (χ0n) is 81.7. The van der Waals surface area contributed by atoms with Crippen LogP contribution in [0.15, 0.2) is 70.4 Å². The van der Waals surface area contributed by atoms with Gasteiger partial charge in [-0.3, -0.25) is 18.8 Å². The third kappa shape index (κ3) is 42.9. The molecular formula is C105H170FIK2N2O5S6. The van der Waals surface area contributed by atoms with Gasteiger partial charge in [-0.15, -0.1) is 92.0 Å². The maximum Gasteiger partial charge on any atom is 1.00 e. The van der Waals surface area contributed by atoms with Gasteiger partial charge in [-0.05, 0) is 176 Å². The minimum absolute atomic E-state index is 0. The molecule has 0 N–H and O–H groups in total. The Kier molecular flexibility index (Phi) is 71.8. The normalized spacial score (nSPS) is 13.2. The number of fused-ring (bicyclic) bond motifs is 1. The molecule has 0 radical (unpaired) electrons. The number of thiophene rings is 6. The number of halogens is 2. The summed E-state index contributed by atoms with van der Waals surface area (Å²) in [6.45, 7) is 26.7. The van der Waals surface area contributed by atoms with Crippen LogP contribution in [0.5, 0.6) is 0 Å². The van der Waals surface area contributed by atoms with Crippen LogP contribution in [0.3, 0.4) is 0 Å². The molecule has 0 saturated carbocycles. The first kappa shape index (κ1) is 116. The van der Waals surface area contributed by atoms with Crippen molar-refractivity contribution in [1.82, 2.24) is 9.80 Å². The van der Waals surface area contributed by atoms with Gasteiger partial charge in [0.1, 0.15) is 0 Å². The maximum atomic E-state index is 16.9. The molecule has 8 heterocycles. The van der Waals surface area contributed by atoms with Crippen LogP contribution in [-0.4, -0.2) is 48.3 Å². The van der Waals surface area contributed by atoms with Crippen LogP contribution in [0.2, 0.25) is 0 Å². The van der Waals surface area contributed by atoms with Gasteiger partial charge in [0.2, 0.25) is 0 Å². The molecule has 0 aromatic carbocycles. The number of nitrogens with zero attached hydrogens (tertiary/aromatic N) is 2. The average molecular weight is 1960 g/mol. The van der Waals surface area contributed by atoms with Crippen molar-refractivity contribution in [2.45, 2.75) is 442 Å². The second-order valence-electron chi connectivity index (χ2n) is 34.7. The summed E-state index contributed by atoms with van der Waals surface area (Å²) in [6.07, 6.45) is 72.3. The van der Waals surface area contributed by atoms with E-state index < -0.39 is 7.15 Å². The molecule has 0 aliphatic carbocycles. The molecule has 0 spiro atoms. The Balaban J connectivity index is 0.00000240.